The zero-order valence-electron chi connectivity index (χ0n) is 15.9. The second-order valence-electron chi connectivity index (χ2n) is 7.10. The largest absolute Gasteiger partial charge is 0.355 e. The minimum Gasteiger partial charge on any atom is -0.355 e. The Labute approximate surface area is 160 Å². The molecule has 1 amide bonds. The van der Waals surface area contributed by atoms with Crippen molar-refractivity contribution < 1.29 is 13.2 Å². The van der Waals surface area contributed by atoms with Crippen LogP contribution in [-0.2, 0) is 21.4 Å². The summed E-state index contributed by atoms with van der Waals surface area (Å²) < 4.78 is 28.8. The van der Waals surface area contributed by atoms with Crippen molar-refractivity contribution in [3.63, 3.8) is 0 Å². The van der Waals surface area contributed by atoms with Gasteiger partial charge >= 0.3 is 0 Å². The molecule has 1 N–H and O–H groups in total. The van der Waals surface area contributed by atoms with Crippen LogP contribution in [-0.4, -0.2) is 73.4 Å². The molecule has 0 spiro atoms. The second-order valence-corrected chi connectivity index (χ2v) is 9.04. The number of likely N-dealkylation sites (N-methyl/N-ethyl adjacent to an activating group) is 1. The molecule has 27 heavy (non-hydrogen) atoms. The van der Waals surface area contributed by atoms with Crippen LogP contribution in [0.5, 0.6) is 0 Å². The summed E-state index contributed by atoms with van der Waals surface area (Å²) in [6.45, 7) is 3.08. The van der Waals surface area contributed by atoms with E-state index < -0.39 is 10.0 Å². The molecule has 2 aromatic rings. The number of benzene rings is 1. The van der Waals surface area contributed by atoms with E-state index in [1.54, 1.807) is 24.5 Å². The van der Waals surface area contributed by atoms with E-state index in [0.29, 0.717) is 38.1 Å². The van der Waals surface area contributed by atoms with Gasteiger partial charge in [-0.15, -0.1) is 0 Å². The van der Waals surface area contributed by atoms with E-state index in [1.807, 2.05) is 23.6 Å². The number of nitrogens with zero attached hydrogens (tertiary/aromatic N) is 4. The number of carbonyl (C=O) groups excluding carboxylic acids is 1. The first-order valence-corrected chi connectivity index (χ1v) is 10.7. The maximum atomic E-state index is 12.7. The Kier molecular flexibility index (Phi) is 6.13. The highest BCUT2D eigenvalue weighted by Crippen LogP contribution is 2.24. The van der Waals surface area contributed by atoms with Gasteiger partial charge in [-0.1, -0.05) is 0 Å². The van der Waals surface area contributed by atoms with Crippen molar-refractivity contribution in [2.45, 2.75) is 30.7 Å². The molecule has 0 saturated carbocycles. The number of aromatic nitrogens is 2. The van der Waals surface area contributed by atoms with Crippen LogP contribution >= 0.6 is 0 Å². The van der Waals surface area contributed by atoms with Crippen LogP contribution in [0.4, 0.5) is 0 Å². The first-order valence-electron chi connectivity index (χ1n) is 9.24. The average molecular weight is 394 g/mol. The Morgan fingerprint density at radius 3 is 2.70 bits per heavy atom. The van der Waals surface area contributed by atoms with E-state index in [-0.39, 0.29) is 10.8 Å². The molecule has 1 fully saturated rings. The Hall–Kier alpha value is -1.97. The maximum Gasteiger partial charge on any atom is 0.243 e. The van der Waals surface area contributed by atoms with Crippen LogP contribution in [0, 0.1) is 0 Å². The highest BCUT2D eigenvalue weighted by atomic mass is 32.2. The topological polar surface area (TPSA) is 87.5 Å². The lowest BCUT2D eigenvalue weighted by Gasteiger charge is -2.15. The Morgan fingerprint density at radius 2 is 2.00 bits per heavy atom. The Balaban J connectivity index is 1.66. The van der Waals surface area contributed by atoms with Gasteiger partial charge < -0.3 is 14.8 Å². The lowest BCUT2D eigenvalue weighted by atomic mass is 10.3. The van der Waals surface area contributed by atoms with Crippen LogP contribution in [0.25, 0.3) is 11.0 Å². The van der Waals surface area contributed by atoms with E-state index >= 15 is 0 Å². The van der Waals surface area contributed by atoms with E-state index in [0.717, 1.165) is 24.9 Å². The number of rotatable bonds is 8. The fourth-order valence-electron chi connectivity index (χ4n) is 3.19. The molecule has 1 aliphatic rings. The van der Waals surface area contributed by atoms with Crippen molar-refractivity contribution in [2.75, 3.05) is 40.3 Å². The van der Waals surface area contributed by atoms with Gasteiger partial charge in [0, 0.05) is 39.1 Å². The predicted molar refractivity (Wildman–Crippen MR) is 104 cm³/mol. The summed E-state index contributed by atoms with van der Waals surface area (Å²) in [6, 6.07) is 5.02. The van der Waals surface area contributed by atoms with Gasteiger partial charge in [0.15, 0.2) is 0 Å². The number of nitrogens with one attached hydrogen (secondary N) is 1. The molecule has 2 heterocycles. The van der Waals surface area contributed by atoms with Crippen LogP contribution < -0.4 is 5.32 Å². The van der Waals surface area contributed by atoms with Crippen LogP contribution in [0.3, 0.4) is 0 Å². The summed E-state index contributed by atoms with van der Waals surface area (Å²) in [4.78, 5) is 18.6. The Morgan fingerprint density at radius 1 is 1.26 bits per heavy atom. The zero-order valence-corrected chi connectivity index (χ0v) is 16.7. The van der Waals surface area contributed by atoms with Gasteiger partial charge in [0.05, 0.1) is 22.3 Å². The molecule has 1 aromatic heterocycles. The fourth-order valence-corrected chi connectivity index (χ4v) is 4.73. The zero-order chi connectivity index (χ0) is 19.4. The monoisotopic (exact) mass is 393 g/mol. The third kappa shape index (κ3) is 4.66. The van der Waals surface area contributed by atoms with Crippen molar-refractivity contribution in [3.05, 3.63) is 24.5 Å². The third-order valence-electron chi connectivity index (χ3n) is 4.76. The summed E-state index contributed by atoms with van der Waals surface area (Å²) in [5.41, 5.74) is 1.46. The van der Waals surface area contributed by atoms with Crippen molar-refractivity contribution in [2.24, 2.45) is 0 Å². The van der Waals surface area contributed by atoms with Gasteiger partial charge in [-0.25, -0.2) is 13.4 Å². The molecule has 148 valence electrons. The number of hydrogen-bond donors (Lipinski definition) is 1. The van der Waals surface area contributed by atoms with Crippen molar-refractivity contribution >= 4 is 27.0 Å². The summed E-state index contributed by atoms with van der Waals surface area (Å²) in [5, 5.41) is 2.89. The van der Waals surface area contributed by atoms with Gasteiger partial charge in [0.25, 0.3) is 0 Å². The quantitative estimate of drug-likeness (QED) is 0.720. The van der Waals surface area contributed by atoms with Gasteiger partial charge in [-0.3, -0.25) is 4.79 Å². The lowest BCUT2D eigenvalue weighted by molar-refractivity contribution is -0.121. The van der Waals surface area contributed by atoms with Crippen LogP contribution in [0.1, 0.15) is 19.3 Å². The summed E-state index contributed by atoms with van der Waals surface area (Å²) in [5.74, 6) is -0.00747. The van der Waals surface area contributed by atoms with Gasteiger partial charge in [0.1, 0.15) is 0 Å². The number of carbonyl (C=O) groups is 1. The molecule has 1 aromatic carbocycles. The predicted octanol–water partition coefficient (Wildman–Crippen LogP) is 0.889. The maximum absolute atomic E-state index is 12.7. The molecule has 0 bridgehead atoms. The number of hydrogen-bond acceptors (Lipinski definition) is 5. The van der Waals surface area contributed by atoms with Gasteiger partial charge in [-0.05, 0) is 45.1 Å². The minimum absolute atomic E-state index is 0.00747. The standard InChI is InChI=1S/C18H27N5O3S/c1-21(2)12-8-19-18(24)7-11-22-14-20-16-13-15(5-6-17(16)22)27(25,26)23-9-3-4-10-23/h5-6,13-14H,3-4,7-12H2,1-2H3,(H,19,24). The molecule has 3 rings (SSSR count). The van der Waals surface area contributed by atoms with Crippen LogP contribution in [0.15, 0.2) is 29.4 Å². The normalized spacial score (nSPS) is 15.7. The Bertz CT molecular complexity index is 901. The van der Waals surface area contributed by atoms with E-state index in [4.69, 9.17) is 0 Å². The van der Waals surface area contributed by atoms with Crippen molar-refractivity contribution in [3.8, 4) is 0 Å². The average Bonchev–Trinajstić information content (AvgIpc) is 3.29. The highest BCUT2D eigenvalue weighted by Gasteiger charge is 2.27. The first-order chi connectivity index (χ1) is 12.9. The molecule has 1 saturated heterocycles. The van der Waals surface area contributed by atoms with Gasteiger partial charge in [-0.2, -0.15) is 4.31 Å². The molecule has 8 nitrogen and oxygen atoms in total. The molecule has 9 heteroatoms. The van der Waals surface area contributed by atoms with Gasteiger partial charge in [0.2, 0.25) is 15.9 Å². The first kappa shape index (κ1) is 19.8. The third-order valence-corrected chi connectivity index (χ3v) is 6.65. The summed E-state index contributed by atoms with van der Waals surface area (Å²) in [6.07, 6.45) is 3.83. The minimum atomic E-state index is -3.45. The number of sulfonamides is 1. The smallest absolute Gasteiger partial charge is 0.243 e. The molecule has 0 aliphatic carbocycles. The molecular formula is C18H27N5O3S. The number of aryl methyl sites for hydroxylation is 1. The second kappa shape index (κ2) is 8.37. The number of imidazole rings is 1. The lowest BCUT2D eigenvalue weighted by Crippen LogP contribution is -2.31. The number of fused-ring (bicyclic) bond motifs is 1. The molecular weight excluding hydrogens is 366 g/mol. The van der Waals surface area contributed by atoms with Crippen molar-refractivity contribution in [1.29, 1.82) is 0 Å². The molecule has 1 aliphatic heterocycles. The molecule has 0 atom stereocenters. The number of amides is 1. The van der Waals surface area contributed by atoms with Crippen LogP contribution in [0.2, 0.25) is 0 Å². The van der Waals surface area contributed by atoms with E-state index in [1.165, 1.54) is 4.31 Å². The molecule has 0 radical (unpaired) electrons. The summed E-state index contributed by atoms with van der Waals surface area (Å²) in [7, 11) is 0.473. The van der Waals surface area contributed by atoms with Crippen molar-refractivity contribution in [1.82, 2.24) is 24.1 Å². The fraction of sp³-hybridized carbons (Fsp3) is 0.556. The summed E-state index contributed by atoms with van der Waals surface area (Å²) >= 11 is 0. The highest BCUT2D eigenvalue weighted by molar-refractivity contribution is 7.89. The van der Waals surface area contributed by atoms with E-state index in [9.17, 15) is 13.2 Å². The molecule has 0 unspecified atom stereocenters. The van der Waals surface area contributed by atoms with E-state index in [2.05, 4.69) is 10.3 Å². The SMILES string of the molecule is CN(C)CCNC(=O)CCn1cnc2cc(S(=O)(=O)N3CCCC3)ccc21.